The van der Waals surface area contributed by atoms with E-state index < -0.39 is 23.6 Å². The van der Waals surface area contributed by atoms with Crippen LogP contribution in [0.4, 0.5) is 13.2 Å². The minimum Gasteiger partial charge on any atom is -0.503 e. The van der Waals surface area contributed by atoms with E-state index in [9.17, 15) is 13.2 Å². The third kappa shape index (κ3) is 2.41. The summed E-state index contributed by atoms with van der Waals surface area (Å²) >= 11 is 0. The van der Waals surface area contributed by atoms with Crippen molar-refractivity contribution < 1.29 is 27.8 Å². The molecule has 1 aromatic heterocycles. The van der Waals surface area contributed by atoms with Gasteiger partial charge in [0.1, 0.15) is 0 Å². The first-order chi connectivity index (χ1) is 6.44. The Morgan fingerprint density at radius 2 is 2.00 bits per heavy atom. The van der Waals surface area contributed by atoms with Crippen LogP contribution in [0.2, 0.25) is 0 Å². The van der Waals surface area contributed by atoms with Gasteiger partial charge in [-0.15, -0.1) is 13.2 Å². The Morgan fingerprint density at radius 1 is 1.36 bits per heavy atom. The molecule has 14 heavy (non-hydrogen) atoms. The highest BCUT2D eigenvalue weighted by Crippen LogP contribution is 2.37. The molecule has 0 saturated heterocycles. The van der Waals surface area contributed by atoms with E-state index in [0.29, 0.717) is 0 Å². The summed E-state index contributed by atoms with van der Waals surface area (Å²) in [6, 6.07) is 0. The second-order valence-electron chi connectivity index (χ2n) is 2.24. The van der Waals surface area contributed by atoms with Gasteiger partial charge in [0.2, 0.25) is 5.75 Å². The van der Waals surface area contributed by atoms with E-state index in [-0.39, 0.29) is 0 Å². The number of alkyl halides is 3. The lowest BCUT2D eigenvalue weighted by molar-refractivity contribution is -0.275. The minimum absolute atomic E-state index is 0.405. The zero-order valence-electron chi connectivity index (χ0n) is 7.00. The molecule has 0 spiro atoms. The van der Waals surface area contributed by atoms with Crippen molar-refractivity contribution in [3.63, 3.8) is 0 Å². The lowest BCUT2D eigenvalue weighted by atomic mass is 10.4. The number of hydrogen-bond donors (Lipinski definition) is 1. The van der Waals surface area contributed by atoms with Gasteiger partial charge in [-0.3, -0.25) is 4.98 Å². The summed E-state index contributed by atoms with van der Waals surface area (Å²) in [5, 5.41) is 9.05. The predicted molar refractivity (Wildman–Crippen MR) is 39.1 cm³/mol. The van der Waals surface area contributed by atoms with E-state index in [0.717, 1.165) is 19.5 Å². The number of pyridine rings is 1. The second kappa shape index (κ2) is 3.60. The molecule has 0 aliphatic rings. The van der Waals surface area contributed by atoms with Gasteiger partial charge in [0.25, 0.3) is 0 Å². The van der Waals surface area contributed by atoms with Crippen molar-refractivity contribution in [2.24, 2.45) is 0 Å². The van der Waals surface area contributed by atoms with Crippen LogP contribution in [0, 0.1) is 0 Å². The smallest absolute Gasteiger partial charge is 0.503 e. The molecule has 7 heteroatoms. The maximum Gasteiger partial charge on any atom is 0.573 e. The first-order valence-corrected chi connectivity index (χ1v) is 3.40. The fraction of sp³-hybridized carbons (Fsp3) is 0.286. The van der Waals surface area contributed by atoms with Gasteiger partial charge in [-0.25, -0.2) is 0 Å². The van der Waals surface area contributed by atoms with Crippen molar-refractivity contribution in [2.45, 2.75) is 6.36 Å². The summed E-state index contributed by atoms with van der Waals surface area (Å²) in [4.78, 5) is 3.32. The molecule has 0 amide bonds. The van der Waals surface area contributed by atoms with Crippen LogP contribution < -0.4 is 9.47 Å². The second-order valence-corrected chi connectivity index (χ2v) is 2.24. The molecule has 0 aliphatic carbocycles. The molecule has 0 fully saturated rings. The molecule has 4 nitrogen and oxygen atoms in total. The van der Waals surface area contributed by atoms with E-state index >= 15 is 0 Å². The maximum absolute atomic E-state index is 11.8. The summed E-state index contributed by atoms with van der Waals surface area (Å²) in [5.41, 5.74) is 0. The maximum atomic E-state index is 11.8. The van der Waals surface area contributed by atoms with Gasteiger partial charge in [-0.2, -0.15) is 0 Å². The number of hydrogen-bond acceptors (Lipinski definition) is 4. The Labute approximate surface area is 76.9 Å². The van der Waals surface area contributed by atoms with Crippen molar-refractivity contribution in [1.82, 2.24) is 4.98 Å². The van der Waals surface area contributed by atoms with Gasteiger partial charge in [0, 0.05) is 0 Å². The zero-order valence-corrected chi connectivity index (χ0v) is 7.00. The number of aromatic nitrogens is 1. The van der Waals surface area contributed by atoms with Gasteiger partial charge in [-0.1, -0.05) is 0 Å². The quantitative estimate of drug-likeness (QED) is 0.805. The Morgan fingerprint density at radius 3 is 2.50 bits per heavy atom. The van der Waals surface area contributed by atoms with Crippen molar-refractivity contribution >= 4 is 0 Å². The lowest BCUT2D eigenvalue weighted by Gasteiger charge is -2.12. The Balaban J connectivity index is 3.02. The van der Waals surface area contributed by atoms with Crippen LogP contribution in [0.15, 0.2) is 12.4 Å². The van der Waals surface area contributed by atoms with Crippen molar-refractivity contribution in [3.05, 3.63) is 12.4 Å². The number of methoxy groups -OCH3 is 1. The summed E-state index contributed by atoms with van der Waals surface area (Å²) in [6.07, 6.45) is -3.10. The molecular formula is C7H6F3NO3. The van der Waals surface area contributed by atoms with Gasteiger partial charge < -0.3 is 14.6 Å². The number of ether oxygens (including phenoxy) is 2. The summed E-state index contributed by atoms with van der Waals surface area (Å²) in [6.45, 7) is 0. The number of nitrogens with zero attached hydrogens (tertiary/aromatic N) is 1. The Bertz CT molecular complexity index is 326. The van der Waals surface area contributed by atoms with Crippen LogP contribution >= 0.6 is 0 Å². The zero-order chi connectivity index (χ0) is 10.8. The molecule has 0 radical (unpaired) electrons. The molecule has 78 valence electrons. The molecule has 1 N–H and O–H groups in total. The Kier molecular flexibility index (Phi) is 2.68. The van der Waals surface area contributed by atoms with Gasteiger partial charge in [0.05, 0.1) is 19.5 Å². The van der Waals surface area contributed by atoms with Crippen molar-refractivity contribution in [2.75, 3.05) is 7.11 Å². The SMILES string of the molecule is COc1c(O)cncc1OC(F)(F)F. The van der Waals surface area contributed by atoms with Crippen LogP contribution in [-0.4, -0.2) is 23.6 Å². The normalized spacial score (nSPS) is 11.1. The fourth-order valence-electron chi connectivity index (χ4n) is 0.822. The average Bonchev–Trinajstić information content (AvgIpc) is 2.01. The van der Waals surface area contributed by atoms with Crippen LogP contribution in [0.5, 0.6) is 17.2 Å². The molecule has 0 aromatic carbocycles. The van der Waals surface area contributed by atoms with E-state index in [1.165, 1.54) is 0 Å². The average molecular weight is 209 g/mol. The highest BCUT2D eigenvalue weighted by molar-refractivity contribution is 5.47. The van der Waals surface area contributed by atoms with Crippen molar-refractivity contribution in [1.29, 1.82) is 0 Å². The highest BCUT2D eigenvalue weighted by Gasteiger charge is 2.33. The molecular weight excluding hydrogens is 203 g/mol. The fourth-order valence-corrected chi connectivity index (χ4v) is 0.822. The molecule has 1 aromatic rings. The summed E-state index contributed by atoms with van der Waals surface area (Å²) in [5.74, 6) is -1.61. The van der Waals surface area contributed by atoms with E-state index in [1.54, 1.807) is 0 Å². The molecule has 0 unspecified atom stereocenters. The number of halogens is 3. The molecule has 1 heterocycles. The first kappa shape index (κ1) is 10.4. The van der Waals surface area contributed by atoms with E-state index in [1.807, 2.05) is 0 Å². The predicted octanol–water partition coefficient (Wildman–Crippen LogP) is 1.69. The third-order valence-electron chi connectivity index (χ3n) is 1.27. The van der Waals surface area contributed by atoms with Gasteiger partial charge in [0.15, 0.2) is 11.5 Å². The molecule has 0 atom stereocenters. The van der Waals surface area contributed by atoms with Crippen molar-refractivity contribution in [3.8, 4) is 17.2 Å². The molecule has 1 rings (SSSR count). The topological polar surface area (TPSA) is 51.6 Å². The van der Waals surface area contributed by atoms with Crippen LogP contribution in [0.25, 0.3) is 0 Å². The Hall–Kier alpha value is -1.66. The van der Waals surface area contributed by atoms with Gasteiger partial charge in [-0.05, 0) is 0 Å². The standard InChI is InChI=1S/C7H6F3NO3/c1-13-6-4(12)2-11-3-5(6)14-7(8,9)10/h2-3,12H,1H3. The monoisotopic (exact) mass is 209 g/mol. The van der Waals surface area contributed by atoms with Crippen LogP contribution in [-0.2, 0) is 0 Å². The highest BCUT2D eigenvalue weighted by atomic mass is 19.4. The number of rotatable bonds is 2. The third-order valence-corrected chi connectivity index (χ3v) is 1.27. The molecule has 0 saturated carbocycles. The lowest BCUT2D eigenvalue weighted by Crippen LogP contribution is -2.17. The van der Waals surface area contributed by atoms with Crippen LogP contribution in [0.1, 0.15) is 0 Å². The first-order valence-electron chi connectivity index (χ1n) is 3.40. The largest absolute Gasteiger partial charge is 0.573 e. The summed E-state index contributed by atoms with van der Waals surface area (Å²) < 4.78 is 43.5. The molecule has 0 aliphatic heterocycles. The van der Waals surface area contributed by atoms with E-state index in [2.05, 4.69) is 14.5 Å². The minimum atomic E-state index is -4.84. The van der Waals surface area contributed by atoms with Crippen LogP contribution in [0.3, 0.4) is 0 Å². The summed E-state index contributed by atoms with van der Waals surface area (Å²) in [7, 11) is 1.11. The molecule has 0 bridgehead atoms. The van der Waals surface area contributed by atoms with E-state index in [4.69, 9.17) is 5.11 Å². The van der Waals surface area contributed by atoms with Gasteiger partial charge >= 0.3 is 6.36 Å². The number of aromatic hydroxyl groups is 1.